The maximum Gasteiger partial charge on any atom is 0.245 e. The van der Waals surface area contributed by atoms with E-state index >= 15 is 0 Å². The molecular formula is C15H24N2O3S. The average molecular weight is 312 g/mol. The largest absolute Gasteiger partial charge is 0.397 e. The number of methoxy groups -OCH3 is 1. The zero-order valence-electron chi connectivity index (χ0n) is 12.9. The van der Waals surface area contributed by atoms with Crippen LogP contribution in [-0.4, -0.2) is 39.5 Å². The highest BCUT2D eigenvalue weighted by Crippen LogP contribution is 2.31. The summed E-state index contributed by atoms with van der Waals surface area (Å²) in [5, 5.41) is 0. The Morgan fingerprint density at radius 1 is 1.24 bits per heavy atom. The summed E-state index contributed by atoms with van der Waals surface area (Å²) >= 11 is 0. The predicted octanol–water partition coefficient (Wildman–Crippen LogP) is 1.93. The van der Waals surface area contributed by atoms with Crippen molar-refractivity contribution in [2.75, 3.05) is 32.5 Å². The van der Waals surface area contributed by atoms with Crippen molar-refractivity contribution in [2.24, 2.45) is 5.92 Å². The highest BCUT2D eigenvalue weighted by molar-refractivity contribution is 7.89. The predicted molar refractivity (Wildman–Crippen MR) is 83.7 cm³/mol. The number of hydrogen-bond donors (Lipinski definition) is 1. The molecule has 118 valence electrons. The van der Waals surface area contributed by atoms with E-state index in [-0.39, 0.29) is 4.90 Å². The monoisotopic (exact) mass is 312 g/mol. The number of hydrogen-bond acceptors (Lipinski definition) is 4. The Morgan fingerprint density at radius 3 is 2.38 bits per heavy atom. The van der Waals surface area contributed by atoms with Crippen LogP contribution in [0.2, 0.25) is 0 Å². The summed E-state index contributed by atoms with van der Waals surface area (Å²) in [5.74, 6) is 0.442. The maximum atomic E-state index is 12.9. The van der Waals surface area contributed by atoms with E-state index in [0.717, 1.165) is 18.4 Å². The number of sulfonamides is 1. The minimum Gasteiger partial charge on any atom is -0.397 e. The van der Waals surface area contributed by atoms with Crippen LogP contribution < -0.4 is 5.73 Å². The van der Waals surface area contributed by atoms with Gasteiger partial charge in [-0.2, -0.15) is 4.31 Å². The molecule has 0 aliphatic carbocycles. The Morgan fingerprint density at radius 2 is 1.81 bits per heavy atom. The molecule has 1 aromatic carbocycles. The van der Waals surface area contributed by atoms with Crippen molar-refractivity contribution in [1.82, 2.24) is 4.31 Å². The van der Waals surface area contributed by atoms with Crippen molar-refractivity contribution in [1.29, 1.82) is 0 Å². The number of aryl methyl sites for hydroxylation is 2. The Hall–Kier alpha value is -1.11. The van der Waals surface area contributed by atoms with E-state index in [9.17, 15) is 8.42 Å². The van der Waals surface area contributed by atoms with Gasteiger partial charge in [-0.3, -0.25) is 0 Å². The first-order valence-electron chi connectivity index (χ1n) is 7.22. The Kier molecular flexibility index (Phi) is 4.91. The van der Waals surface area contributed by atoms with Gasteiger partial charge in [0.1, 0.15) is 4.90 Å². The zero-order valence-corrected chi connectivity index (χ0v) is 13.7. The third kappa shape index (κ3) is 3.22. The van der Waals surface area contributed by atoms with Crippen LogP contribution in [0.5, 0.6) is 0 Å². The molecule has 6 heteroatoms. The van der Waals surface area contributed by atoms with Crippen molar-refractivity contribution in [3.8, 4) is 0 Å². The van der Waals surface area contributed by atoms with Gasteiger partial charge in [0.25, 0.3) is 0 Å². The van der Waals surface area contributed by atoms with Crippen LogP contribution in [0.4, 0.5) is 5.69 Å². The van der Waals surface area contributed by atoms with E-state index in [1.807, 2.05) is 19.1 Å². The molecule has 0 amide bonds. The molecule has 1 saturated heterocycles. The van der Waals surface area contributed by atoms with Gasteiger partial charge in [0.15, 0.2) is 0 Å². The SMILES string of the molecule is COCC1CCN(S(=O)(=O)c2c(C)ccc(C)c2N)CC1. The van der Waals surface area contributed by atoms with E-state index in [2.05, 4.69) is 0 Å². The third-order valence-electron chi connectivity index (χ3n) is 4.18. The Bertz CT molecular complexity index is 606. The van der Waals surface area contributed by atoms with Gasteiger partial charge in [-0.15, -0.1) is 0 Å². The van der Waals surface area contributed by atoms with E-state index in [1.54, 1.807) is 18.3 Å². The van der Waals surface area contributed by atoms with Gasteiger partial charge >= 0.3 is 0 Å². The number of nitrogens with zero attached hydrogens (tertiary/aromatic N) is 1. The fourth-order valence-corrected chi connectivity index (χ4v) is 4.69. The molecule has 0 bridgehead atoms. The molecule has 2 N–H and O–H groups in total. The van der Waals surface area contributed by atoms with Crippen LogP contribution in [-0.2, 0) is 14.8 Å². The first-order chi connectivity index (χ1) is 9.87. The lowest BCUT2D eigenvalue weighted by Crippen LogP contribution is -2.39. The fraction of sp³-hybridized carbons (Fsp3) is 0.600. The minimum atomic E-state index is -3.52. The second kappa shape index (κ2) is 6.34. The molecule has 1 aromatic rings. The number of ether oxygens (including phenoxy) is 1. The highest BCUT2D eigenvalue weighted by atomic mass is 32.2. The molecule has 1 heterocycles. The summed E-state index contributed by atoms with van der Waals surface area (Å²) < 4.78 is 32.4. The molecule has 1 aliphatic heterocycles. The Labute approximate surface area is 127 Å². The molecule has 0 saturated carbocycles. The van der Waals surface area contributed by atoms with Crippen molar-refractivity contribution >= 4 is 15.7 Å². The molecule has 1 fully saturated rings. The van der Waals surface area contributed by atoms with Crippen LogP contribution >= 0.6 is 0 Å². The number of anilines is 1. The Balaban J connectivity index is 2.26. The topological polar surface area (TPSA) is 72.6 Å². The third-order valence-corrected chi connectivity index (χ3v) is 6.29. The first-order valence-corrected chi connectivity index (χ1v) is 8.66. The summed E-state index contributed by atoms with van der Waals surface area (Å²) in [7, 11) is -1.84. The zero-order chi connectivity index (χ0) is 15.6. The summed E-state index contributed by atoms with van der Waals surface area (Å²) in [6.07, 6.45) is 1.66. The second-order valence-electron chi connectivity index (χ2n) is 5.74. The first kappa shape index (κ1) is 16.3. The molecular weight excluding hydrogens is 288 g/mol. The number of nitrogens with two attached hydrogens (primary N) is 1. The summed E-state index contributed by atoms with van der Waals surface area (Å²) in [6.45, 7) is 5.38. The summed E-state index contributed by atoms with van der Waals surface area (Å²) in [6, 6.07) is 3.67. The lowest BCUT2D eigenvalue weighted by atomic mass is 9.99. The van der Waals surface area contributed by atoms with E-state index < -0.39 is 10.0 Å². The maximum absolute atomic E-state index is 12.9. The van der Waals surface area contributed by atoms with Gasteiger partial charge in [-0.1, -0.05) is 12.1 Å². The summed E-state index contributed by atoms with van der Waals surface area (Å²) in [4.78, 5) is 0.271. The fourth-order valence-electron chi connectivity index (χ4n) is 2.83. The van der Waals surface area contributed by atoms with Crippen molar-refractivity contribution in [2.45, 2.75) is 31.6 Å². The molecule has 0 unspecified atom stereocenters. The summed E-state index contributed by atoms with van der Waals surface area (Å²) in [5.41, 5.74) is 7.90. The lowest BCUT2D eigenvalue weighted by Gasteiger charge is -2.31. The smallest absolute Gasteiger partial charge is 0.245 e. The number of nitrogen functional groups attached to an aromatic ring is 1. The van der Waals surface area contributed by atoms with Gasteiger partial charge in [-0.25, -0.2) is 8.42 Å². The van der Waals surface area contributed by atoms with Crippen LogP contribution in [0, 0.1) is 19.8 Å². The molecule has 2 rings (SSSR count). The van der Waals surface area contributed by atoms with Crippen molar-refractivity contribution in [3.63, 3.8) is 0 Å². The number of piperidine rings is 1. The van der Waals surface area contributed by atoms with Crippen LogP contribution in [0.3, 0.4) is 0 Å². The van der Waals surface area contributed by atoms with Gasteiger partial charge in [-0.05, 0) is 43.7 Å². The van der Waals surface area contributed by atoms with Crippen LogP contribution in [0.15, 0.2) is 17.0 Å². The normalized spacial score (nSPS) is 18.0. The molecule has 0 spiro atoms. The lowest BCUT2D eigenvalue weighted by molar-refractivity contribution is 0.121. The second-order valence-corrected chi connectivity index (χ2v) is 7.62. The highest BCUT2D eigenvalue weighted by Gasteiger charge is 2.32. The number of benzene rings is 1. The quantitative estimate of drug-likeness (QED) is 0.862. The number of rotatable bonds is 4. The molecule has 5 nitrogen and oxygen atoms in total. The van der Waals surface area contributed by atoms with Crippen LogP contribution in [0.25, 0.3) is 0 Å². The van der Waals surface area contributed by atoms with E-state index in [4.69, 9.17) is 10.5 Å². The van der Waals surface area contributed by atoms with Gasteiger partial charge in [0, 0.05) is 26.8 Å². The van der Waals surface area contributed by atoms with E-state index in [0.29, 0.717) is 36.9 Å². The molecule has 0 atom stereocenters. The van der Waals surface area contributed by atoms with Gasteiger partial charge in [0.05, 0.1) is 5.69 Å². The molecule has 21 heavy (non-hydrogen) atoms. The van der Waals surface area contributed by atoms with Gasteiger partial charge in [0.2, 0.25) is 10.0 Å². The molecule has 0 radical (unpaired) electrons. The van der Waals surface area contributed by atoms with Gasteiger partial charge < -0.3 is 10.5 Å². The minimum absolute atomic E-state index is 0.271. The van der Waals surface area contributed by atoms with Crippen LogP contribution in [0.1, 0.15) is 24.0 Å². The molecule has 1 aliphatic rings. The standard InChI is InChI=1S/C15H24N2O3S/c1-11-4-5-12(2)15(14(11)16)21(18,19)17-8-6-13(7-9-17)10-20-3/h4-5,13H,6-10,16H2,1-3H3. The van der Waals surface area contributed by atoms with Crippen molar-refractivity contribution in [3.05, 3.63) is 23.3 Å². The molecule has 0 aromatic heterocycles. The van der Waals surface area contributed by atoms with Crippen molar-refractivity contribution < 1.29 is 13.2 Å². The average Bonchev–Trinajstić information content (AvgIpc) is 2.44. The van der Waals surface area contributed by atoms with E-state index in [1.165, 1.54) is 0 Å².